The summed E-state index contributed by atoms with van der Waals surface area (Å²) in [7, 11) is -3.58. The van der Waals surface area contributed by atoms with Gasteiger partial charge in [-0.05, 0) is 67.1 Å². The lowest BCUT2D eigenvalue weighted by Crippen LogP contribution is -2.52. The Balaban J connectivity index is 1.90. The molecular weight excluding hydrogens is 605 g/mol. The molecule has 0 aliphatic rings. The van der Waals surface area contributed by atoms with Gasteiger partial charge in [0.25, 0.3) is 0 Å². The minimum absolute atomic E-state index is 0.0439. The third-order valence-electron chi connectivity index (χ3n) is 7.39. The first-order valence-electron chi connectivity index (χ1n) is 14.6. The van der Waals surface area contributed by atoms with Crippen molar-refractivity contribution in [3.05, 3.63) is 99.5 Å². The molecule has 232 valence electrons. The van der Waals surface area contributed by atoms with E-state index in [1.54, 1.807) is 35.2 Å². The second kappa shape index (κ2) is 16.1. The molecular formula is C33H41Cl2N3O4S. The van der Waals surface area contributed by atoms with Gasteiger partial charge >= 0.3 is 0 Å². The first-order valence-corrected chi connectivity index (χ1v) is 17.2. The monoisotopic (exact) mass is 645 g/mol. The van der Waals surface area contributed by atoms with Crippen molar-refractivity contribution in [3.63, 3.8) is 0 Å². The number of nitrogens with zero attached hydrogens (tertiary/aromatic N) is 2. The maximum absolute atomic E-state index is 14.0. The van der Waals surface area contributed by atoms with Gasteiger partial charge in [-0.3, -0.25) is 13.9 Å². The van der Waals surface area contributed by atoms with E-state index in [2.05, 4.69) is 5.32 Å². The molecule has 0 aromatic heterocycles. The van der Waals surface area contributed by atoms with Crippen LogP contribution < -0.4 is 9.62 Å². The zero-order valence-electron chi connectivity index (χ0n) is 25.2. The average Bonchev–Trinajstić information content (AvgIpc) is 2.98. The van der Waals surface area contributed by atoms with E-state index in [1.165, 1.54) is 4.31 Å². The fourth-order valence-electron chi connectivity index (χ4n) is 4.73. The number of rotatable bonds is 15. The molecule has 7 nitrogen and oxygen atoms in total. The molecule has 0 spiro atoms. The Morgan fingerprint density at radius 2 is 1.53 bits per heavy atom. The number of benzene rings is 3. The minimum atomic E-state index is -3.58. The van der Waals surface area contributed by atoms with Gasteiger partial charge in [0.15, 0.2) is 0 Å². The number of carbonyl (C=O) groups is 2. The maximum Gasteiger partial charge on any atom is 0.243 e. The number of carbonyl (C=O) groups excluding carboxylic acids is 2. The molecule has 3 rings (SSSR count). The summed E-state index contributed by atoms with van der Waals surface area (Å²) < 4.78 is 26.7. The maximum atomic E-state index is 14.0. The smallest absolute Gasteiger partial charge is 0.243 e. The molecule has 0 unspecified atom stereocenters. The predicted molar refractivity (Wildman–Crippen MR) is 176 cm³/mol. The van der Waals surface area contributed by atoms with Crippen LogP contribution in [0.15, 0.2) is 72.8 Å². The number of nitrogens with one attached hydrogen (secondary N) is 1. The molecule has 0 radical (unpaired) electrons. The van der Waals surface area contributed by atoms with Crippen LogP contribution in [0.2, 0.25) is 10.0 Å². The quantitative estimate of drug-likeness (QED) is 0.200. The van der Waals surface area contributed by atoms with Crippen LogP contribution in [-0.4, -0.2) is 50.0 Å². The Morgan fingerprint density at radius 3 is 2.12 bits per heavy atom. The van der Waals surface area contributed by atoms with E-state index >= 15 is 0 Å². The van der Waals surface area contributed by atoms with Crippen LogP contribution in [0.1, 0.15) is 56.7 Å². The van der Waals surface area contributed by atoms with Gasteiger partial charge in [-0.15, -0.1) is 0 Å². The number of amides is 2. The molecule has 2 atom stereocenters. The van der Waals surface area contributed by atoms with Crippen LogP contribution in [0, 0.1) is 0 Å². The number of anilines is 1. The average molecular weight is 647 g/mol. The van der Waals surface area contributed by atoms with Gasteiger partial charge in [-0.2, -0.15) is 0 Å². The summed E-state index contributed by atoms with van der Waals surface area (Å²) in [6, 6.07) is 21.2. The third-order valence-corrected chi connectivity index (χ3v) is 9.33. The minimum Gasteiger partial charge on any atom is -0.352 e. The molecule has 0 aliphatic heterocycles. The Kier molecular flexibility index (Phi) is 12.9. The SMILES string of the molecule is CCc1ccc(N(CCCC(=O)N(Cc2ccc(Cl)c(Cl)c2)[C@@H](Cc2ccccc2)C(=O)N[C@@H](C)CC)S(C)(=O)=O)cc1. The molecule has 0 saturated heterocycles. The molecule has 1 N–H and O–H groups in total. The number of sulfonamides is 1. The molecule has 10 heteroatoms. The first kappa shape index (κ1) is 34.4. The zero-order valence-corrected chi connectivity index (χ0v) is 27.6. The molecule has 0 aliphatic carbocycles. The molecule has 0 fully saturated rings. The van der Waals surface area contributed by atoms with Crippen LogP contribution in [0.25, 0.3) is 0 Å². The van der Waals surface area contributed by atoms with E-state index in [0.717, 1.165) is 35.8 Å². The van der Waals surface area contributed by atoms with Crippen molar-refractivity contribution in [3.8, 4) is 0 Å². The number of halogens is 2. The number of hydrogen-bond donors (Lipinski definition) is 1. The van der Waals surface area contributed by atoms with E-state index < -0.39 is 16.1 Å². The number of hydrogen-bond acceptors (Lipinski definition) is 4. The zero-order chi connectivity index (χ0) is 31.6. The van der Waals surface area contributed by atoms with Crippen LogP contribution in [-0.2, 0) is 39.0 Å². The van der Waals surface area contributed by atoms with Crippen LogP contribution >= 0.6 is 23.2 Å². The van der Waals surface area contributed by atoms with Crippen molar-refractivity contribution >= 4 is 50.7 Å². The Labute approximate surface area is 266 Å². The van der Waals surface area contributed by atoms with Crippen molar-refractivity contribution in [2.24, 2.45) is 0 Å². The summed E-state index contributed by atoms with van der Waals surface area (Å²) >= 11 is 12.4. The molecule has 0 saturated carbocycles. The highest BCUT2D eigenvalue weighted by atomic mass is 35.5. The summed E-state index contributed by atoms with van der Waals surface area (Å²) in [4.78, 5) is 29.2. The largest absolute Gasteiger partial charge is 0.352 e. The predicted octanol–water partition coefficient (Wildman–Crippen LogP) is 6.66. The van der Waals surface area contributed by atoms with Gasteiger partial charge in [0.1, 0.15) is 6.04 Å². The summed E-state index contributed by atoms with van der Waals surface area (Å²) in [6.07, 6.45) is 3.37. The van der Waals surface area contributed by atoms with Gasteiger partial charge < -0.3 is 10.2 Å². The molecule has 0 bridgehead atoms. The molecule has 0 heterocycles. The van der Waals surface area contributed by atoms with Crippen molar-refractivity contribution in [1.82, 2.24) is 10.2 Å². The van der Waals surface area contributed by atoms with Crippen LogP contribution in [0.4, 0.5) is 5.69 Å². The van der Waals surface area contributed by atoms with Gasteiger partial charge in [0, 0.05) is 32.0 Å². The van der Waals surface area contributed by atoms with Crippen molar-refractivity contribution in [2.45, 2.75) is 71.5 Å². The highest BCUT2D eigenvalue weighted by Crippen LogP contribution is 2.25. The van der Waals surface area contributed by atoms with Crippen molar-refractivity contribution < 1.29 is 18.0 Å². The van der Waals surface area contributed by atoms with Gasteiger partial charge in [0.2, 0.25) is 21.8 Å². The van der Waals surface area contributed by atoms with E-state index in [1.807, 2.05) is 63.2 Å². The van der Waals surface area contributed by atoms with Gasteiger partial charge in [-0.1, -0.05) is 85.6 Å². The van der Waals surface area contributed by atoms with E-state index in [0.29, 0.717) is 22.2 Å². The van der Waals surface area contributed by atoms with Crippen molar-refractivity contribution in [2.75, 3.05) is 17.1 Å². The van der Waals surface area contributed by atoms with Crippen molar-refractivity contribution in [1.29, 1.82) is 0 Å². The second-order valence-electron chi connectivity index (χ2n) is 10.8. The molecule has 2 amide bonds. The van der Waals surface area contributed by atoms with E-state index in [-0.39, 0.29) is 43.8 Å². The summed E-state index contributed by atoms with van der Waals surface area (Å²) in [5, 5.41) is 3.80. The fraction of sp³-hybridized carbons (Fsp3) is 0.394. The Bertz CT molecular complexity index is 1470. The lowest BCUT2D eigenvalue weighted by Gasteiger charge is -2.33. The summed E-state index contributed by atoms with van der Waals surface area (Å²) in [5.74, 6) is -0.513. The van der Waals surface area contributed by atoms with Gasteiger partial charge in [0.05, 0.1) is 22.0 Å². The summed E-state index contributed by atoms with van der Waals surface area (Å²) in [5.41, 5.74) is 3.29. The third kappa shape index (κ3) is 10.3. The highest BCUT2D eigenvalue weighted by molar-refractivity contribution is 7.92. The highest BCUT2D eigenvalue weighted by Gasteiger charge is 2.31. The van der Waals surface area contributed by atoms with Gasteiger partial charge in [-0.25, -0.2) is 8.42 Å². The Hall–Kier alpha value is -3.07. The molecule has 3 aromatic rings. The second-order valence-corrected chi connectivity index (χ2v) is 13.5. The normalized spacial score (nSPS) is 12.8. The molecule has 3 aromatic carbocycles. The standard InChI is InChI=1S/C33H41Cl2N3O4S/c1-5-24(3)36-33(40)31(22-26-11-8-7-9-12-26)37(23-27-16-19-29(34)30(35)21-27)32(39)13-10-20-38(43(4,41)42)28-17-14-25(6-2)15-18-28/h7-9,11-12,14-19,21,24,31H,5-6,10,13,20,22-23H2,1-4H3,(H,36,40)/t24-,31-/m0/s1. The topological polar surface area (TPSA) is 86.8 Å². The van der Waals surface area contributed by atoms with Crippen LogP contribution in [0.3, 0.4) is 0 Å². The van der Waals surface area contributed by atoms with E-state index in [4.69, 9.17) is 23.2 Å². The number of aryl methyl sites for hydroxylation is 1. The van der Waals surface area contributed by atoms with E-state index in [9.17, 15) is 18.0 Å². The lowest BCUT2D eigenvalue weighted by molar-refractivity contribution is -0.141. The lowest BCUT2D eigenvalue weighted by atomic mass is 10.0. The van der Waals surface area contributed by atoms with Crippen LogP contribution in [0.5, 0.6) is 0 Å². The molecule has 43 heavy (non-hydrogen) atoms. The first-order chi connectivity index (χ1) is 20.4. The summed E-state index contributed by atoms with van der Waals surface area (Å²) in [6.45, 7) is 6.20. The fourth-order valence-corrected chi connectivity index (χ4v) is 6.02. The Morgan fingerprint density at radius 1 is 0.884 bits per heavy atom.